The zero-order chi connectivity index (χ0) is 17.7. The Morgan fingerprint density at radius 2 is 1.48 bits per heavy atom. The van der Waals surface area contributed by atoms with E-state index in [0.29, 0.717) is 6.54 Å². The molecule has 0 aromatic heterocycles. The Morgan fingerprint density at radius 3 is 2.08 bits per heavy atom. The molecule has 2 aromatic rings. The van der Waals surface area contributed by atoms with Gasteiger partial charge in [0.25, 0.3) is 0 Å². The highest BCUT2D eigenvalue weighted by Gasteiger charge is 2.45. The highest BCUT2D eigenvalue weighted by Crippen LogP contribution is 2.45. The van der Waals surface area contributed by atoms with E-state index >= 15 is 0 Å². The van der Waals surface area contributed by atoms with E-state index in [4.69, 9.17) is 0 Å². The molecule has 2 aromatic carbocycles. The Morgan fingerprint density at radius 1 is 0.920 bits per heavy atom. The van der Waals surface area contributed by atoms with Crippen molar-refractivity contribution in [1.29, 1.82) is 0 Å². The molecule has 130 valence electrons. The number of hydrogen-bond acceptors (Lipinski definition) is 3. The highest BCUT2D eigenvalue weighted by molar-refractivity contribution is 6.35. The molecule has 2 amide bonds. The van der Waals surface area contributed by atoms with Crippen LogP contribution in [0.3, 0.4) is 0 Å². The zero-order valence-corrected chi connectivity index (χ0v) is 13.9. The Balaban J connectivity index is 1.56. The molecular weight excluding hydrogens is 316 g/mol. The molecule has 1 atom stereocenters. The molecule has 0 spiro atoms. The molecule has 1 aliphatic rings. The van der Waals surface area contributed by atoms with Gasteiger partial charge >= 0.3 is 11.8 Å². The van der Waals surface area contributed by atoms with Crippen LogP contribution in [0.5, 0.6) is 0 Å². The van der Waals surface area contributed by atoms with E-state index in [1.54, 1.807) is 0 Å². The Bertz CT molecular complexity index is 729. The fourth-order valence-corrected chi connectivity index (χ4v) is 2.92. The third-order valence-corrected chi connectivity index (χ3v) is 4.55. The molecule has 0 bridgehead atoms. The van der Waals surface area contributed by atoms with E-state index in [0.717, 1.165) is 24.0 Å². The summed E-state index contributed by atoms with van der Waals surface area (Å²) in [5, 5.41) is 16.2. The summed E-state index contributed by atoms with van der Waals surface area (Å²) in [6.45, 7) is 0.317. The summed E-state index contributed by atoms with van der Waals surface area (Å²) in [6.07, 6.45) is 1.84. The van der Waals surface area contributed by atoms with E-state index in [2.05, 4.69) is 10.6 Å². The van der Waals surface area contributed by atoms with Crippen molar-refractivity contribution in [2.45, 2.75) is 25.0 Å². The number of amides is 2. The normalized spacial score (nSPS) is 15.9. The lowest BCUT2D eigenvalue weighted by Gasteiger charge is -2.29. The SMILES string of the molecule is O=C(NCc1ccccc1)C(=O)NC[C@](O)(c1ccccc1)C1CC1. The molecule has 0 saturated heterocycles. The predicted molar refractivity (Wildman–Crippen MR) is 94.4 cm³/mol. The maximum absolute atomic E-state index is 12.1. The van der Waals surface area contributed by atoms with E-state index in [-0.39, 0.29) is 12.5 Å². The second-order valence-electron chi connectivity index (χ2n) is 6.42. The lowest BCUT2D eigenvalue weighted by molar-refractivity contribution is -0.140. The van der Waals surface area contributed by atoms with Crippen LogP contribution in [0.2, 0.25) is 0 Å². The zero-order valence-electron chi connectivity index (χ0n) is 13.9. The first-order chi connectivity index (χ1) is 12.1. The third kappa shape index (κ3) is 4.25. The van der Waals surface area contributed by atoms with Gasteiger partial charge in [-0.1, -0.05) is 60.7 Å². The van der Waals surface area contributed by atoms with Crippen LogP contribution >= 0.6 is 0 Å². The summed E-state index contributed by atoms with van der Waals surface area (Å²) in [6, 6.07) is 18.7. The van der Waals surface area contributed by atoms with Crippen LogP contribution in [-0.2, 0) is 21.7 Å². The van der Waals surface area contributed by atoms with Gasteiger partial charge in [-0.15, -0.1) is 0 Å². The first-order valence-corrected chi connectivity index (χ1v) is 8.47. The number of rotatable bonds is 6. The Kier molecular flexibility index (Phi) is 5.14. The monoisotopic (exact) mass is 338 g/mol. The van der Waals surface area contributed by atoms with Gasteiger partial charge in [0.15, 0.2) is 0 Å². The fourth-order valence-electron chi connectivity index (χ4n) is 2.92. The molecule has 0 aliphatic heterocycles. The summed E-state index contributed by atoms with van der Waals surface area (Å²) in [4.78, 5) is 24.0. The number of benzene rings is 2. The van der Waals surface area contributed by atoms with E-state index < -0.39 is 17.4 Å². The number of carbonyl (C=O) groups excluding carboxylic acids is 2. The van der Waals surface area contributed by atoms with Gasteiger partial charge in [-0.2, -0.15) is 0 Å². The van der Waals surface area contributed by atoms with Gasteiger partial charge in [-0.25, -0.2) is 0 Å². The molecule has 1 aliphatic carbocycles. The van der Waals surface area contributed by atoms with Crippen molar-refractivity contribution in [2.75, 3.05) is 6.54 Å². The van der Waals surface area contributed by atoms with E-state index in [9.17, 15) is 14.7 Å². The second kappa shape index (κ2) is 7.49. The quantitative estimate of drug-likeness (QED) is 0.702. The Labute approximate surface area is 147 Å². The van der Waals surface area contributed by atoms with Gasteiger partial charge in [-0.05, 0) is 29.9 Å². The summed E-state index contributed by atoms with van der Waals surface area (Å²) in [5.74, 6) is -1.32. The molecule has 3 N–H and O–H groups in total. The van der Waals surface area contributed by atoms with Crippen LogP contribution in [-0.4, -0.2) is 23.5 Å². The van der Waals surface area contributed by atoms with Crippen molar-refractivity contribution in [3.63, 3.8) is 0 Å². The first kappa shape index (κ1) is 17.2. The van der Waals surface area contributed by atoms with Crippen molar-refractivity contribution in [2.24, 2.45) is 5.92 Å². The van der Waals surface area contributed by atoms with Crippen molar-refractivity contribution in [3.8, 4) is 0 Å². The largest absolute Gasteiger partial charge is 0.383 e. The molecule has 3 rings (SSSR count). The van der Waals surface area contributed by atoms with Crippen molar-refractivity contribution >= 4 is 11.8 Å². The number of carbonyl (C=O) groups is 2. The minimum atomic E-state index is -1.13. The molecular formula is C20H22N2O3. The Hall–Kier alpha value is -2.66. The molecule has 5 heteroatoms. The highest BCUT2D eigenvalue weighted by atomic mass is 16.3. The van der Waals surface area contributed by atoms with Crippen LogP contribution in [0.15, 0.2) is 60.7 Å². The minimum absolute atomic E-state index is 0.0271. The molecule has 1 saturated carbocycles. The third-order valence-electron chi connectivity index (χ3n) is 4.55. The number of hydrogen-bond donors (Lipinski definition) is 3. The molecule has 25 heavy (non-hydrogen) atoms. The van der Waals surface area contributed by atoms with Crippen molar-refractivity contribution < 1.29 is 14.7 Å². The fraction of sp³-hybridized carbons (Fsp3) is 0.300. The lowest BCUT2D eigenvalue weighted by atomic mass is 9.88. The maximum Gasteiger partial charge on any atom is 0.309 e. The van der Waals surface area contributed by atoms with Gasteiger partial charge < -0.3 is 15.7 Å². The topological polar surface area (TPSA) is 78.4 Å². The molecule has 0 radical (unpaired) electrons. The van der Waals surface area contributed by atoms with E-state index in [1.165, 1.54) is 0 Å². The summed E-state index contributed by atoms with van der Waals surface area (Å²) < 4.78 is 0. The summed E-state index contributed by atoms with van der Waals surface area (Å²) >= 11 is 0. The average Bonchev–Trinajstić information content (AvgIpc) is 3.51. The summed E-state index contributed by atoms with van der Waals surface area (Å²) in [7, 11) is 0. The van der Waals surface area contributed by atoms with Crippen molar-refractivity contribution in [3.05, 3.63) is 71.8 Å². The molecule has 1 fully saturated rings. The van der Waals surface area contributed by atoms with Gasteiger partial charge in [0.05, 0.1) is 6.54 Å². The standard InChI is InChI=1S/C20H22N2O3/c23-18(21-13-15-7-3-1-4-8-15)19(24)22-14-20(25,17-11-12-17)16-9-5-2-6-10-16/h1-10,17,25H,11-14H2,(H,21,23)(H,22,24)/t20-/m0/s1. The molecule has 0 heterocycles. The first-order valence-electron chi connectivity index (χ1n) is 8.47. The van der Waals surface area contributed by atoms with Crippen LogP contribution < -0.4 is 10.6 Å². The van der Waals surface area contributed by atoms with Crippen LogP contribution in [0, 0.1) is 5.92 Å². The van der Waals surface area contributed by atoms with Crippen LogP contribution in [0.4, 0.5) is 0 Å². The number of aliphatic hydroxyl groups is 1. The summed E-state index contributed by atoms with van der Waals surface area (Å²) in [5.41, 5.74) is 0.557. The van der Waals surface area contributed by atoms with Gasteiger partial charge in [-0.3, -0.25) is 9.59 Å². The molecule has 5 nitrogen and oxygen atoms in total. The lowest BCUT2D eigenvalue weighted by Crippen LogP contribution is -2.47. The number of nitrogens with one attached hydrogen (secondary N) is 2. The minimum Gasteiger partial charge on any atom is -0.383 e. The van der Waals surface area contributed by atoms with Crippen LogP contribution in [0.25, 0.3) is 0 Å². The van der Waals surface area contributed by atoms with E-state index in [1.807, 2.05) is 60.7 Å². The van der Waals surface area contributed by atoms with Gasteiger partial charge in [0, 0.05) is 6.54 Å². The molecule has 0 unspecified atom stereocenters. The van der Waals surface area contributed by atoms with Crippen molar-refractivity contribution in [1.82, 2.24) is 10.6 Å². The van der Waals surface area contributed by atoms with Gasteiger partial charge in [0.1, 0.15) is 5.60 Å². The smallest absolute Gasteiger partial charge is 0.309 e. The van der Waals surface area contributed by atoms with Gasteiger partial charge in [0.2, 0.25) is 0 Å². The second-order valence-corrected chi connectivity index (χ2v) is 6.42. The van der Waals surface area contributed by atoms with Crippen LogP contribution in [0.1, 0.15) is 24.0 Å². The predicted octanol–water partition coefficient (Wildman–Crippen LogP) is 1.72. The maximum atomic E-state index is 12.1. The average molecular weight is 338 g/mol.